The average Bonchev–Trinajstić information content (AvgIpc) is 2.24. The molecule has 0 rings (SSSR count). The van der Waals surface area contributed by atoms with Crippen molar-refractivity contribution < 1.29 is 18.4 Å². The normalized spacial score (nSPS) is 16.3. The minimum Gasteiger partial charge on any atom is -0.466 e. The van der Waals surface area contributed by atoms with Crippen LogP contribution in [0.4, 0.5) is 0 Å². The first kappa shape index (κ1) is 21.8. The van der Waals surface area contributed by atoms with Gasteiger partial charge in [-0.25, -0.2) is 0 Å². The second kappa shape index (κ2) is 8.08. The Morgan fingerprint density at radius 3 is 1.91 bits per heavy atom. The molecule has 0 aromatic heterocycles. The molecule has 0 N–H and O–H groups in total. The molecule has 6 heteroatoms. The van der Waals surface area contributed by atoms with E-state index in [9.17, 15) is 4.79 Å². The van der Waals surface area contributed by atoms with E-state index in [0.29, 0.717) is 6.61 Å². The quantitative estimate of drug-likeness (QED) is 0.476. The number of carbonyl (C=O) groups is 1. The summed E-state index contributed by atoms with van der Waals surface area (Å²) < 4.78 is 17.7. The van der Waals surface area contributed by atoms with Gasteiger partial charge in [0.1, 0.15) is 0 Å². The number of carbonyl (C=O) groups excluding carboxylic acids is 1. The molecule has 0 aromatic rings. The molecule has 132 valence electrons. The molecule has 22 heavy (non-hydrogen) atoms. The van der Waals surface area contributed by atoms with Gasteiger partial charge in [-0.15, -0.1) is 0 Å². The van der Waals surface area contributed by atoms with E-state index in [-0.39, 0.29) is 29.6 Å². The molecule has 2 atom stereocenters. The molecule has 0 aliphatic carbocycles. The molecule has 0 aliphatic rings. The number of hydrogen-bond donors (Lipinski definition) is 0. The van der Waals surface area contributed by atoms with E-state index >= 15 is 0 Å². The van der Waals surface area contributed by atoms with E-state index in [0.717, 1.165) is 0 Å². The number of rotatable bonds is 8. The number of ether oxygens (including phenoxy) is 1. The van der Waals surface area contributed by atoms with Gasteiger partial charge in [-0.05, 0) is 51.6 Å². The average molecular weight is 349 g/mol. The van der Waals surface area contributed by atoms with Crippen molar-refractivity contribution in [1.82, 2.24) is 0 Å². The van der Waals surface area contributed by atoms with E-state index in [2.05, 4.69) is 53.5 Å². The minimum absolute atomic E-state index is 0.114. The van der Waals surface area contributed by atoms with Crippen molar-refractivity contribution in [3.63, 3.8) is 0 Å². The lowest BCUT2D eigenvalue weighted by Gasteiger charge is -2.41. The Labute approximate surface area is 139 Å². The molecule has 0 fully saturated rings. The molecular formula is C16H36O4Si2. The monoisotopic (exact) mass is 348 g/mol. The van der Waals surface area contributed by atoms with Gasteiger partial charge in [0.2, 0.25) is 0 Å². The standard InChI is InChI=1S/C16H36O4Si2/c1-11-18-15(17)12-14(20-21(6,7)8)13(2)19-22(9,10)16(3,4)5/h13-14H,11-12H2,1-10H3/t13-,14+/m0/s1. The summed E-state index contributed by atoms with van der Waals surface area (Å²) in [4.78, 5) is 11.9. The first-order valence-electron chi connectivity index (χ1n) is 8.21. The molecule has 0 amide bonds. The second-order valence-electron chi connectivity index (χ2n) is 8.36. The highest BCUT2D eigenvalue weighted by Crippen LogP contribution is 2.38. The van der Waals surface area contributed by atoms with E-state index in [1.807, 2.05) is 13.8 Å². The molecule has 0 saturated heterocycles. The molecule has 0 heterocycles. The smallest absolute Gasteiger partial charge is 0.308 e. The van der Waals surface area contributed by atoms with Crippen molar-refractivity contribution in [2.45, 2.75) is 91.0 Å². The highest BCUT2D eigenvalue weighted by Gasteiger charge is 2.40. The van der Waals surface area contributed by atoms with Crippen molar-refractivity contribution in [1.29, 1.82) is 0 Å². The Balaban J connectivity index is 5.04. The molecule has 0 aliphatic heterocycles. The number of hydrogen-bond acceptors (Lipinski definition) is 4. The molecule has 0 aromatic carbocycles. The summed E-state index contributed by atoms with van der Waals surface area (Å²) in [7, 11) is -3.66. The zero-order chi connectivity index (χ0) is 17.8. The van der Waals surface area contributed by atoms with E-state index < -0.39 is 16.6 Å². The van der Waals surface area contributed by atoms with E-state index in [1.165, 1.54) is 0 Å². The van der Waals surface area contributed by atoms with Crippen LogP contribution in [0.5, 0.6) is 0 Å². The van der Waals surface area contributed by atoms with Crippen molar-refractivity contribution >= 4 is 22.6 Å². The molecule has 0 spiro atoms. The van der Waals surface area contributed by atoms with Gasteiger partial charge in [0, 0.05) is 0 Å². The summed E-state index contributed by atoms with van der Waals surface area (Å²) >= 11 is 0. The van der Waals surface area contributed by atoms with Crippen molar-refractivity contribution in [2.75, 3.05) is 6.61 Å². The zero-order valence-corrected chi connectivity index (χ0v) is 18.2. The zero-order valence-electron chi connectivity index (χ0n) is 16.2. The van der Waals surface area contributed by atoms with Gasteiger partial charge in [-0.2, -0.15) is 0 Å². The Bertz CT molecular complexity index is 356. The van der Waals surface area contributed by atoms with Gasteiger partial charge in [0.15, 0.2) is 16.6 Å². The fourth-order valence-electron chi connectivity index (χ4n) is 1.86. The van der Waals surface area contributed by atoms with Gasteiger partial charge in [0.25, 0.3) is 0 Å². The highest BCUT2D eigenvalue weighted by atomic mass is 28.4. The van der Waals surface area contributed by atoms with Crippen LogP contribution in [0.2, 0.25) is 37.8 Å². The molecule has 4 nitrogen and oxygen atoms in total. The van der Waals surface area contributed by atoms with Crippen LogP contribution in [-0.4, -0.2) is 41.4 Å². The SMILES string of the molecule is CCOC(=O)C[C@@H](O[Si](C)(C)C)[C@H](C)O[Si](C)(C)C(C)(C)C. The predicted molar refractivity (Wildman–Crippen MR) is 97.2 cm³/mol. The first-order chi connectivity index (χ1) is 9.69. The first-order valence-corrected chi connectivity index (χ1v) is 14.5. The lowest BCUT2D eigenvalue weighted by atomic mass is 10.2. The van der Waals surface area contributed by atoms with Crippen LogP contribution < -0.4 is 0 Å². The summed E-state index contributed by atoms with van der Waals surface area (Å²) in [5, 5.41) is 0.134. The third kappa shape index (κ3) is 7.90. The highest BCUT2D eigenvalue weighted by molar-refractivity contribution is 6.74. The van der Waals surface area contributed by atoms with Gasteiger partial charge < -0.3 is 13.6 Å². The fraction of sp³-hybridized carbons (Fsp3) is 0.938. The van der Waals surface area contributed by atoms with Crippen LogP contribution in [0.1, 0.15) is 41.0 Å². The van der Waals surface area contributed by atoms with Crippen LogP contribution in [0.25, 0.3) is 0 Å². The van der Waals surface area contributed by atoms with Gasteiger partial charge in [-0.1, -0.05) is 20.8 Å². The number of esters is 1. The summed E-state index contributed by atoms with van der Waals surface area (Å²) in [6.45, 7) is 21.7. The van der Waals surface area contributed by atoms with Crippen molar-refractivity contribution in [3.8, 4) is 0 Å². The van der Waals surface area contributed by atoms with Crippen molar-refractivity contribution in [2.24, 2.45) is 0 Å². The fourth-order valence-corrected chi connectivity index (χ4v) is 4.48. The van der Waals surface area contributed by atoms with Crippen LogP contribution >= 0.6 is 0 Å². The maximum Gasteiger partial charge on any atom is 0.308 e. The molecule has 0 bridgehead atoms. The Morgan fingerprint density at radius 2 is 1.55 bits per heavy atom. The van der Waals surface area contributed by atoms with E-state index in [4.69, 9.17) is 13.6 Å². The molecule has 0 radical (unpaired) electrons. The summed E-state index contributed by atoms with van der Waals surface area (Å²) in [5.74, 6) is -0.212. The van der Waals surface area contributed by atoms with Gasteiger partial charge in [-0.3, -0.25) is 4.79 Å². The van der Waals surface area contributed by atoms with Crippen LogP contribution in [0.15, 0.2) is 0 Å². The van der Waals surface area contributed by atoms with Crippen LogP contribution in [0.3, 0.4) is 0 Å². The van der Waals surface area contributed by atoms with Gasteiger partial charge >= 0.3 is 5.97 Å². The summed E-state index contributed by atoms with van der Waals surface area (Å²) in [6.07, 6.45) is -0.0923. The minimum atomic E-state index is -1.89. The van der Waals surface area contributed by atoms with Gasteiger partial charge in [0.05, 0.1) is 25.2 Å². The van der Waals surface area contributed by atoms with Crippen LogP contribution in [0, 0.1) is 0 Å². The topological polar surface area (TPSA) is 44.8 Å². The maximum atomic E-state index is 11.9. The second-order valence-corrected chi connectivity index (χ2v) is 17.6. The summed E-state index contributed by atoms with van der Waals surface area (Å²) in [5.41, 5.74) is 0. The lowest BCUT2D eigenvalue weighted by molar-refractivity contribution is -0.146. The molecular weight excluding hydrogens is 312 g/mol. The third-order valence-electron chi connectivity index (χ3n) is 3.99. The van der Waals surface area contributed by atoms with E-state index in [1.54, 1.807) is 0 Å². The molecule has 0 saturated carbocycles. The third-order valence-corrected chi connectivity index (χ3v) is 9.57. The Hall–Kier alpha value is -0.176. The lowest BCUT2D eigenvalue weighted by Crippen LogP contribution is -2.49. The Morgan fingerprint density at radius 1 is 1.05 bits per heavy atom. The van der Waals surface area contributed by atoms with Crippen LogP contribution in [-0.2, 0) is 18.4 Å². The summed E-state index contributed by atoms with van der Waals surface area (Å²) in [6, 6.07) is 0. The molecule has 0 unspecified atom stereocenters. The largest absolute Gasteiger partial charge is 0.466 e. The Kier molecular flexibility index (Phi) is 8.02. The predicted octanol–water partition coefficient (Wildman–Crippen LogP) is 4.57. The maximum absolute atomic E-state index is 11.9. The van der Waals surface area contributed by atoms with Crippen molar-refractivity contribution in [3.05, 3.63) is 0 Å².